The summed E-state index contributed by atoms with van der Waals surface area (Å²) < 4.78 is 16.9. The van der Waals surface area contributed by atoms with Crippen molar-refractivity contribution in [2.45, 2.75) is 50.9 Å². The summed E-state index contributed by atoms with van der Waals surface area (Å²) in [6.45, 7) is 4.38. The van der Waals surface area contributed by atoms with Crippen molar-refractivity contribution in [3.8, 4) is 22.7 Å². The summed E-state index contributed by atoms with van der Waals surface area (Å²) in [4.78, 5) is 4.02. The molecular formula is C24H26FN5O. The van der Waals surface area contributed by atoms with Crippen LogP contribution in [-0.2, 0) is 0 Å². The summed E-state index contributed by atoms with van der Waals surface area (Å²) in [5.74, 6) is 0.645. The Bertz CT molecular complexity index is 1110. The van der Waals surface area contributed by atoms with Crippen molar-refractivity contribution in [3.05, 3.63) is 60.3 Å². The van der Waals surface area contributed by atoms with Crippen LogP contribution in [0.5, 0.6) is 5.75 Å². The molecule has 7 heteroatoms. The SMILES string of the molecule is C[C@H]1CC2N[C@](C)(C/C(=C/c3ccc(-c4ccc(-n5ccnc5)cc4O)nn3)[C@H]2F)C1. The molecule has 2 fully saturated rings. The summed E-state index contributed by atoms with van der Waals surface area (Å²) in [5.41, 5.74) is 3.32. The van der Waals surface area contributed by atoms with E-state index in [1.54, 1.807) is 24.7 Å². The predicted molar refractivity (Wildman–Crippen MR) is 117 cm³/mol. The third kappa shape index (κ3) is 3.85. The van der Waals surface area contributed by atoms with Gasteiger partial charge >= 0.3 is 0 Å². The molecule has 0 radical (unpaired) electrons. The second-order valence-corrected chi connectivity index (χ2v) is 9.17. The normalized spacial score (nSPS) is 29.3. The maximum absolute atomic E-state index is 15.1. The molecule has 6 nitrogen and oxygen atoms in total. The first-order valence-electron chi connectivity index (χ1n) is 10.7. The highest BCUT2D eigenvalue weighted by Crippen LogP contribution is 2.41. The Kier molecular flexibility index (Phi) is 4.85. The molecule has 2 N–H and O–H groups in total. The number of nitrogens with one attached hydrogen (secondary N) is 1. The molecule has 0 saturated carbocycles. The number of hydrogen-bond donors (Lipinski definition) is 2. The molecule has 4 heterocycles. The summed E-state index contributed by atoms with van der Waals surface area (Å²) >= 11 is 0. The first kappa shape index (κ1) is 19.9. The molecule has 0 aliphatic carbocycles. The standard InChI is InChI=1S/C24H26FN5O/c1-15-9-21-23(25)16(13-24(2,12-15)27-21)10-17-3-6-20(29-28-17)19-5-4-18(11-22(19)31)30-8-7-26-14-30/h3-8,10-11,14-15,21,23,27,31H,9,12-13H2,1-2H3/b16-10-/t15-,21?,23+,24-/m0/s1. The number of aromatic nitrogens is 4. The number of rotatable bonds is 3. The molecule has 2 aromatic heterocycles. The number of halogens is 1. The molecule has 1 aromatic carbocycles. The first-order valence-corrected chi connectivity index (χ1v) is 10.7. The van der Waals surface area contributed by atoms with Crippen LogP contribution in [0.15, 0.2) is 54.6 Å². The van der Waals surface area contributed by atoms with E-state index >= 15 is 4.39 Å². The molecule has 5 rings (SSSR count). The molecule has 3 aromatic rings. The zero-order chi connectivity index (χ0) is 21.6. The minimum Gasteiger partial charge on any atom is -0.507 e. The van der Waals surface area contributed by atoms with E-state index in [0.717, 1.165) is 24.1 Å². The third-order valence-corrected chi connectivity index (χ3v) is 6.37. The molecule has 1 unspecified atom stereocenters. The lowest BCUT2D eigenvalue weighted by Gasteiger charge is -2.49. The Morgan fingerprint density at radius 2 is 2.13 bits per heavy atom. The highest BCUT2D eigenvalue weighted by Gasteiger charge is 2.45. The van der Waals surface area contributed by atoms with Crippen LogP contribution in [0.4, 0.5) is 4.39 Å². The van der Waals surface area contributed by atoms with E-state index in [0.29, 0.717) is 29.3 Å². The third-order valence-electron chi connectivity index (χ3n) is 6.37. The molecule has 0 spiro atoms. The van der Waals surface area contributed by atoms with Crippen molar-refractivity contribution in [1.82, 2.24) is 25.1 Å². The van der Waals surface area contributed by atoms with Gasteiger partial charge in [0.05, 0.1) is 23.4 Å². The topological polar surface area (TPSA) is 75.9 Å². The number of fused-ring (bicyclic) bond motifs is 2. The molecule has 2 saturated heterocycles. The van der Waals surface area contributed by atoms with Crippen molar-refractivity contribution in [1.29, 1.82) is 0 Å². The lowest BCUT2D eigenvalue weighted by molar-refractivity contribution is 0.0936. The van der Waals surface area contributed by atoms with Gasteiger partial charge in [-0.2, -0.15) is 5.10 Å². The van der Waals surface area contributed by atoms with Crippen LogP contribution in [0.3, 0.4) is 0 Å². The molecule has 31 heavy (non-hydrogen) atoms. The van der Waals surface area contributed by atoms with E-state index in [4.69, 9.17) is 0 Å². The lowest BCUT2D eigenvalue weighted by atomic mass is 9.70. The van der Waals surface area contributed by atoms with E-state index in [-0.39, 0.29) is 17.3 Å². The predicted octanol–water partition coefficient (Wildman–Crippen LogP) is 4.31. The number of phenolic OH excluding ortho intramolecular Hbond substituents is 1. The number of imidazole rings is 1. The number of piperidine rings is 2. The number of hydrogen-bond acceptors (Lipinski definition) is 5. The van der Waals surface area contributed by atoms with Gasteiger partial charge in [-0.05, 0) is 68.0 Å². The number of nitrogens with zero attached hydrogens (tertiary/aromatic N) is 4. The fourth-order valence-corrected chi connectivity index (χ4v) is 5.17. The van der Waals surface area contributed by atoms with Gasteiger partial charge in [0, 0.05) is 35.6 Å². The van der Waals surface area contributed by atoms with Gasteiger partial charge in [-0.1, -0.05) is 6.92 Å². The molecule has 0 amide bonds. The van der Waals surface area contributed by atoms with Crippen LogP contribution >= 0.6 is 0 Å². The quantitative estimate of drug-likeness (QED) is 0.662. The Morgan fingerprint density at radius 1 is 1.26 bits per heavy atom. The second-order valence-electron chi connectivity index (χ2n) is 9.17. The molecule has 2 aliphatic rings. The zero-order valence-electron chi connectivity index (χ0n) is 17.7. The molecule has 2 aliphatic heterocycles. The summed E-state index contributed by atoms with van der Waals surface area (Å²) in [7, 11) is 0. The Morgan fingerprint density at radius 3 is 2.84 bits per heavy atom. The maximum Gasteiger partial charge on any atom is 0.137 e. The van der Waals surface area contributed by atoms with Gasteiger partial charge in [-0.25, -0.2) is 9.37 Å². The van der Waals surface area contributed by atoms with E-state index < -0.39 is 6.17 Å². The Hall–Kier alpha value is -3.06. The Labute approximate surface area is 180 Å². The average molecular weight is 420 g/mol. The van der Waals surface area contributed by atoms with E-state index in [2.05, 4.69) is 34.3 Å². The first-order chi connectivity index (χ1) is 14.9. The second kappa shape index (κ2) is 7.57. The highest BCUT2D eigenvalue weighted by atomic mass is 19.1. The summed E-state index contributed by atoms with van der Waals surface area (Å²) in [6, 6.07) is 8.86. The fourth-order valence-electron chi connectivity index (χ4n) is 5.17. The molecule has 160 valence electrons. The van der Waals surface area contributed by atoms with Crippen LogP contribution in [0.25, 0.3) is 23.0 Å². The van der Waals surface area contributed by atoms with E-state index in [1.165, 1.54) is 0 Å². The van der Waals surface area contributed by atoms with Crippen molar-refractivity contribution >= 4 is 6.08 Å². The zero-order valence-corrected chi connectivity index (χ0v) is 17.7. The van der Waals surface area contributed by atoms with Crippen LogP contribution in [0.1, 0.15) is 38.8 Å². The number of aromatic hydroxyl groups is 1. The van der Waals surface area contributed by atoms with Crippen LogP contribution in [0.2, 0.25) is 0 Å². The molecular weight excluding hydrogens is 393 g/mol. The molecule has 4 atom stereocenters. The van der Waals surface area contributed by atoms with Gasteiger partial charge in [-0.15, -0.1) is 5.10 Å². The Balaban J connectivity index is 1.38. The van der Waals surface area contributed by atoms with Gasteiger partial charge in [-0.3, -0.25) is 0 Å². The van der Waals surface area contributed by atoms with Crippen LogP contribution in [0, 0.1) is 5.92 Å². The summed E-state index contributed by atoms with van der Waals surface area (Å²) in [6.07, 6.45) is 8.58. The average Bonchev–Trinajstić information content (AvgIpc) is 3.27. The van der Waals surface area contributed by atoms with Crippen LogP contribution < -0.4 is 5.32 Å². The monoisotopic (exact) mass is 419 g/mol. The van der Waals surface area contributed by atoms with Crippen molar-refractivity contribution in [2.75, 3.05) is 0 Å². The molecule has 2 bridgehead atoms. The summed E-state index contributed by atoms with van der Waals surface area (Å²) in [5, 5.41) is 22.5. The van der Waals surface area contributed by atoms with Gasteiger partial charge in [0.1, 0.15) is 11.9 Å². The van der Waals surface area contributed by atoms with Gasteiger partial charge < -0.3 is 15.0 Å². The lowest BCUT2D eigenvalue weighted by Crippen LogP contribution is -2.61. The number of phenols is 1. The van der Waals surface area contributed by atoms with Crippen LogP contribution in [-0.4, -0.2) is 42.6 Å². The van der Waals surface area contributed by atoms with Crippen molar-refractivity contribution < 1.29 is 9.50 Å². The minimum absolute atomic E-state index is 0.0626. The number of benzene rings is 1. The minimum atomic E-state index is -1.00. The van der Waals surface area contributed by atoms with Crippen molar-refractivity contribution in [3.63, 3.8) is 0 Å². The van der Waals surface area contributed by atoms with E-state index in [9.17, 15) is 5.11 Å². The fraction of sp³-hybridized carbons (Fsp3) is 0.375. The van der Waals surface area contributed by atoms with Gasteiger partial charge in [0.25, 0.3) is 0 Å². The number of alkyl halides is 1. The maximum atomic E-state index is 15.1. The van der Waals surface area contributed by atoms with Crippen molar-refractivity contribution in [2.24, 2.45) is 5.92 Å². The van der Waals surface area contributed by atoms with Gasteiger partial charge in [0.15, 0.2) is 0 Å². The largest absolute Gasteiger partial charge is 0.507 e. The highest BCUT2D eigenvalue weighted by molar-refractivity contribution is 5.69. The van der Waals surface area contributed by atoms with E-state index in [1.807, 2.05) is 35.0 Å². The smallest absolute Gasteiger partial charge is 0.137 e. The van der Waals surface area contributed by atoms with Gasteiger partial charge in [0.2, 0.25) is 0 Å².